The lowest BCUT2D eigenvalue weighted by Crippen LogP contribution is -2.52. The van der Waals surface area contributed by atoms with Crippen molar-refractivity contribution in [1.82, 2.24) is 9.88 Å². The average molecular weight is 294 g/mol. The smallest absolute Gasteiger partial charge is 0.320 e. The van der Waals surface area contributed by atoms with Crippen molar-refractivity contribution in [3.8, 4) is 0 Å². The Morgan fingerprint density at radius 1 is 1.43 bits per heavy atom. The highest BCUT2D eigenvalue weighted by Crippen LogP contribution is 2.22. The Morgan fingerprint density at radius 2 is 2.05 bits per heavy atom. The van der Waals surface area contributed by atoms with Crippen molar-refractivity contribution in [1.29, 1.82) is 0 Å². The van der Waals surface area contributed by atoms with Gasteiger partial charge in [-0.3, -0.25) is 19.8 Å². The summed E-state index contributed by atoms with van der Waals surface area (Å²) in [4.78, 5) is 29.4. The number of anilines is 1. The normalized spacial score (nSPS) is 17.5. The molecule has 2 rings (SSSR count). The quantitative estimate of drug-likeness (QED) is 0.650. The van der Waals surface area contributed by atoms with E-state index >= 15 is 0 Å². The number of nitro groups is 1. The molecule has 1 atom stereocenters. The Hall–Kier alpha value is -2.22. The summed E-state index contributed by atoms with van der Waals surface area (Å²) >= 11 is 0. The van der Waals surface area contributed by atoms with Gasteiger partial charge in [-0.2, -0.15) is 0 Å². The van der Waals surface area contributed by atoms with E-state index < -0.39 is 16.9 Å². The van der Waals surface area contributed by atoms with Gasteiger partial charge in [-0.15, -0.1) is 0 Å². The third kappa shape index (κ3) is 3.27. The van der Waals surface area contributed by atoms with E-state index in [4.69, 9.17) is 5.11 Å². The maximum atomic E-state index is 11.0. The first-order valence-corrected chi connectivity index (χ1v) is 6.73. The maximum absolute atomic E-state index is 11.0. The van der Waals surface area contributed by atoms with Crippen LogP contribution in [0.3, 0.4) is 0 Å². The fourth-order valence-electron chi connectivity index (χ4n) is 2.39. The number of piperazine rings is 1. The van der Waals surface area contributed by atoms with Gasteiger partial charge in [0.15, 0.2) is 0 Å². The van der Waals surface area contributed by atoms with Crippen LogP contribution < -0.4 is 4.90 Å². The number of carboxylic acids is 1. The minimum absolute atomic E-state index is 0.0110. The number of aliphatic carboxylic acids is 1. The molecule has 1 aliphatic heterocycles. The number of carbonyl (C=O) groups is 1. The Bertz CT molecular complexity index is 555. The van der Waals surface area contributed by atoms with Gasteiger partial charge in [0.05, 0.1) is 4.92 Å². The summed E-state index contributed by atoms with van der Waals surface area (Å²) in [5, 5.41) is 19.8. The summed E-state index contributed by atoms with van der Waals surface area (Å²) in [6, 6.07) is 1.20. The Kier molecular flexibility index (Phi) is 4.37. The first-order valence-electron chi connectivity index (χ1n) is 6.73. The van der Waals surface area contributed by atoms with Crippen molar-refractivity contribution in [2.45, 2.75) is 19.9 Å². The van der Waals surface area contributed by atoms with Gasteiger partial charge in [-0.25, -0.2) is 4.98 Å². The fraction of sp³-hybridized carbons (Fsp3) is 0.538. The fourth-order valence-corrected chi connectivity index (χ4v) is 2.39. The molecule has 0 radical (unpaired) electrons. The third-order valence-electron chi connectivity index (χ3n) is 3.81. The lowest BCUT2D eigenvalue weighted by atomic mass is 10.2. The third-order valence-corrected chi connectivity index (χ3v) is 3.81. The second-order valence-electron chi connectivity index (χ2n) is 5.12. The lowest BCUT2D eigenvalue weighted by molar-refractivity contribution is -0.385. The average Bonchev–Trinajstić information content (AvgIpc) is 2.46. The molecule has 0 saturated carbocycles. The number of carboxylic acid groups (broad SMARTS) is 1. The van der Waals surface area contributed by atoms with Gasteiger partial charge in [0.2, 0.25) is 0 Å². The molecule has 1 aliphatic rings. The number of nitrogens with zero attached hydrogens (tertiary/aromatic N) is 4. The van der Waals surface area contributed by atoms with Crippen molar-refractivity contribution in [2.24, 2.45) is 0 Å². The largest absolute Gasteiger partial charge is 0.480 e. The van der Waals surface area contributed by atoms with Crippen LogP contribution in [0.4, 0.5) is 11.5 Å². The first kappa shape index (κ1) is 15.2. The maximum Gasteiger partial charge on any atom is 0.320 e. The molecule has 0 bridgehead atoms. The number of aryl methyl sites for hydroxylation is 1. The summed E-state index contributed by atoms with van der Waals surface area (Å²) < 4.78 is 0. The molecule has 1 aromatic rings. The van der Waals surface area contributed by atoms with Crippen molar-refractivity contribution in [3.05, 3.63) is 27.9 Å². The zero-order chi connectivity index (χ0) is 15.6. The molecular weight excluding hydrogens is 276 g/mol. The lowest BCUT2D eigenvalue weighted by Gasteiger charge is -2.37. The summed E-state index contributed by atoms with van der Waals surface area (Å²) in [5.74, 6) is -0.131. The summed E-state index contributed by atoms with van der Waals surface area (Å²) in [7, 11) is 0. The number of hydrogen-bond donors (Lipinski definition) is 1. The molecule has 1 aromatic heterocycles. The van der Waals surface area contributed by atoms with Gasteiger partial charge in [0.1, 0.15) is 18.1 Å². The Balaban J connectivity index is 2.04. The minimum Gasteiger partial charge on any atom is -0.480 e. The molecule has 1 unspecified atom stereocenters. The highest BCUT2D eigenvalue weighted by Gasteiger charge is 2.26. The summed E-state index contributed by atoms with van der Waals surface area (Å²) in [5.41, 5.74) is 0.586. The van der Waals surface area contributed by atoms with Crippen LogP contribution >= 0.6 is 0 Å². The van der Waals surface area contributed by atoms with Gasteiger partial charge in [0, 0.05) is 31.7 Å². The first-order chi connectivity index (χ1) is 9.90. The molecule has 0 aliphatic carbocycles. The molecule has 114 valence electrons. The van der Waals surface area contributed by atoms with Crippen molar-refractivity contribution in [2.75, 3.05) is 31.1 Å². The van der Waals surface area contributed by atoms with Gasteiger partial charge < -0.3 is 10.0 Å². The highest BCUT2D eigenvalue weighted by molar-refractivity contribution is 5.72. The van der Waals surface area contributed by atoms with Crippen LogP contribution in [0.15, 0.2) is 12.3 Å². The van der Waals surface area contributed by atoms with Crippen LogP contribution in [0.2, 0.25) is 0 Å². The SMILES string of the molecule is Cc1cc(N2CCN(C(C)C(=O)O)CC2)ncc1[N+](=O)[O-]. The van der Waals surface area contributed by atoms with Gasteiger partial charge in [0.25, 0.3) is 5.69 Å². The van der Waals surface area contributed by atoms with Crippen LogP contribution in [0.1, 0.15) is 12.5 Å². The molecule has 2 heterocycles. The Labute approximate surface area is 122 Å². The van der Waals surface area contributed by atoms with Gasteiger partial charge in [-0.05, 0) is 19.9 Å². The summed E-state index contributed by atoms with van der Waals surface area (Å²) in [6.07, 6.45) is 1.27. The van der Waals surface area contributed by atoms with Crippen molar-refractivity contribution < 1.29 is 14.8 Å². The van der Waals surface area contributed by atoms with Crippen LogP contribution in [0.5, 0.6) is 0 Å². The Morgan fingerprint density at radius 3 is 2.52 bits per heavy atom. The predicted molar refractivity (Wildman–Crippen MR) is 76.5 cm³/mol. The van der Waals surface area contributed by atoms with Crippen LogP contribution in [-0.4, -0.2) is 58.1 Å². The van der Waals surface area contributed by atoms with E-state index in [1.165, 1.54) is 6.20 Å². The number of aromatic nitrogens is 1. The number of rotatable bonds is 4. The van der Waals surface area contributed by atoms with Gasteiger partial charge >= 0.3 is 5.97 Å². The standard InChI is InChI=1S/C13H18N4O4/c1-9-7-12(14-8-11(9)17(20)21)16-5-3-15(4-6-16)10(2)13(18)19/h7-8,10H,3-6H2,1-2H3,(H,18,19). The molecule has 0 amide bonds. The molecule has 8 heteroatoms. The molecular formula is C13H18N4O4. The monoisotopic (exact) mass is 294 g/mol. The van der Waals surface area contributed by atoms with Gasteiger partial charge in [-0.1, -0.05) is 0 Å². The summed E-state index contributed by atoms with van der Waals surface area (Å²) in [6.45, 7) is 5.93. The number of hydrogen-bond acceptors (Lipinski definition) is 6. The minimum atomic E-state index is -0.826. The number of pyridine rings is 1. The zero-order valence-corrected chi connectivity index (χ0v) is 12.0. The van der Waals surface area contributed by atoms with E-state index in [0.29, 0.717) is 37.6 Å². The highest BCUT2D eigenvalue weighted by atomic mass is 16.6. The van der Waals surface area contributed by atoms with Crippen molar-refractivity contribution in [3.63, 3.8) is 0 Å². The molecule has 21 heavy (non-hydrogen) atoms. The molecule has 1 saturated heterocycles. The second kappa shape index (κ2) is 6.04. The van der Waals surface area contributed by atoms with E-state index in [2.05, 4.69) is 4.98 Å². The van der Waals surface area contributed by atoms with E-state index in [1.54, 1.807) is 19.9 Å². The van der Waals surface area contributed by atoms with E-state index in [9.17, 15) is 14.9 Å². The molecule has 0 spiro atoms. The second-order valence-corrected chi connectivity index (χ2v) is 5.12. The van der Waals surface area contributed by atoms with E-state index in [0.717, 1.165) is 0 Å². The molecule has 8 nitrogen and oxygen atoms in total. The molecule has 0 aromatic carbocycles. The zero-order valence-electron chi connectivity index (χ0n) is 12.0. The van der Waals surface area contributed by atoms with Crippen LogP contribution in [0.25, 0.3) is 0 Å². The van der Waals surface area contributed by atoms with E-state index in [-0.39, 0.29) is 5.69 Å². The predicted octanol–water partition coefficient (Wildman–Crippen LogP) is 0.893. The van der Waals surface area contributed by atoms with E-state index in [1.807, 2.05) is 9.80 Å². The molecule has 1 N–H and O–H groups in total. The topological polar surface area (TPSA) is 99.8 Å². The van der Waals surface area contributed by atoms with Crippen LogP contribution in [-0.2, 0) is 4.79 Å². The van der Waals surface area contributed by atoms with Crippen molar-refractivity contribution >= 4 is 17.5 Å². The van der Waals surface area contributed by atoms with Crippen LogP contribution in [0, 0.1) is 17.0 Å². The molecule has 1 fully saturated rings.